The Hall–Kier alpha value is -2.48. The van der Waals surface area contributed by atoms with Crippen LogP contribution in [0.4, 0.5) is 5.69 Å². The van der Waals surface area contributed by atoms with Gasteiger partial charge in [-0.3, -0.25) is 10.1 Å². The Kier molecular flexibility index (Phi) is 4.26. The summed E-state index contributed by atoms with van der Waals surface area (Å²) in [6.07, 6.45) is 1.67. The molecule has 0 unspecified atom stereocenters. The summed E-state index contributed by atoms with van der Waals surface area (Å²) in [5.74, 6) is 0.841. The van der Waals surface area contributed by atoms with E-state index in [1.807, 2.05) is 6.92 Å². The molecule has 8 heteroatoms. The fourth-order valence-corrected chi connectivity index (χ4v) is 1.62. The van der Waals surface area contributed by atoms with Crippen molar-refractivity contribution in [3.05, 3.63) is 52.5 Å². The first kappa shape index (κ1) is 13.9. The zero-order valence-electron chi connectivity index (χ0n) is 10.5. The van der Waals surface area contributed by atoms with Crippen molar-refractivity contribution in [2.75, 3.05) is 0 Å². The number of aromatic nitrogens is 4. The highest BCUT2D eigenvalue weighted by molar-refractivity contribution is 7.80. The number of para-hydroxylation sites is 1. The average Bonchev–Trinajstić information content (AvgIpc) is 2.79. The SMILES string of the molecule is Cc1nc2nc(S)ncc2[nH]1.O=[N+]([O-])c1ccccc1. The molecule has 0 saturated carbocycles. The second-order valence-electron chi connectivity index (χ2n) is 3.82. The molecule has 0 atom stereocenters. The summed E-state index contributed by atoms with van der Waals surface area (Å²) in [6, 6.07) is 7.93. The fraction of sp³-hybridized carbons (Fsp3) is 0.0833. The van der Waals surface area contributed by atoms with Gasteiger partial charge >= 0.3 is 0 Å². The minimum Gasteiger partial charge on any atom is -0.340 e. The quantitative estimate of drug-likeness (QED) is 0.310. The second kappa shape index (κ2) is 6.11. The van der Waals surface area contributed by atoms with Crippen molar-refractivity contribution in [1.29, 1.82) is 0 Å². The molecule has 102 valence electrons. The number of thiol groups is 1. The van der Waals surface area contributed by atoms with Gasteiger partial charge in [0.05, 0.1) is 11.1 Å². The van der Waals surface area contributed by atoms with Gasteiger partial charge in [0.25, 0.3) is 5.69 Å². The molecule has 3 rings (SSSR count). The zero-order valence-corrected chi connectivity index (χ0v) is 11.4. The van der Waals surface area contributed by atoms with Crippen molar-refractivity contribution in [3.8, 4) is 0 Å². The molecule has 2 aromatic heterocycles. The van der Waals surface area contributed by atoms with Crippen LogP contribution in [0.3, 0.4) is 0 Å². The highest BCUT2D eigenvalue weighted by Gasteiger charge is 2.00. The largest absolute Gasteiger partial charge is 0.340 e. The van der Waals surface area contributed by atoms with Gasteiger partial charge in [-0.25, -0.2) is 15.0 Å². The average molecular weight is 289 g/mol. The van der Waals surface area contributed by atoms with E-state index in [0.717, 1.165) is 11.3 Å². The second-order valence-corrected chi connectivity index (χ2v) is 4.22. The Morgan fingerprint density at radius 1 is 1.25 bits per heavy atom. The van der Waals surface area contributed by atoms with E-state index in [9.17, 15) is 10.1 Å². The maximum absolute atomic E-state index is 10.0. The standard InChI is InChI=1S/C6H6N4S.C6H5NO2/c1-3-8-4-2-7-6(11)10-5(4)9-3;8-7(9)6-4-2-1-3-5-6/h2H,1H3,(H2,7,8,9,10,11);1-5H. The number of hydrogen-bond acceptors (Lipinski definition) is 6. The third kappa shape index (κ3) is 3.51. The summed E-state index contributed by atoms with van der Waals surface area (Å²) < 4.78 is 0. The maximum atomic E-state index is 10.0. The van der Waals surface area contributed by atoms with E-state index in [0.29, 0.717) is 10.8 Å². The number of nitrogens with zero attached hydrogens (tertiary/aromatic N) is 4. The lowest BCUT2D eigenvalue weighted by molar-refractivity contribution is -0.384. The highest BCUT2D eigenvalue weighted by atomic mass is 32.1. The van der Waals surface area contributed by atoms with E-state index < -0.39 is 4.92 Å². The van der Waals surface area contributed by atoms with Crippen LogP contribution in [0.5, 0.6) is 0 Å². The van der Waals surface area contributed by atoms with Crippen molar-refractivity contribution in [2.45, 2.75) is 12.1 Å². The Morgan fingerprint density at radius 2 is 1.95 bits per heavy atom. The highest BCUT2D eigenvalue weighted by Crippen LogP contribution is 2.08. The van der Waals surface area contributed by atoms with Crippen LogP contribution in [0.25, 0.3) is 11.2 Å². The Bertz CT molecular complexity index is 729. The lowest BCUT2D eigenvalue weighted by Crippen LogP contribution is -1.84. The Morgan fingerprint density at radius 3 is 2.55 bits per heavy atom. The number of benzene rings is 1. The molecule has 1 N–H and O–H groups in total. The van der Waals surface area contributed by atoms with Crippen LogP contribution in [0.15, 0.2) is 41.7 Å². The van der Waals surface area contributed by atoms with Crippen LogP contribution in [-0.4, -0.2) is 24.9 Å². The molecule has 0 radical (unpaired) electrons. The van der Waals surface area contributed by atoms with Crippen molar-refractivity contribution in [1.82, 2.24) is 19.9 Å². The Balaban J connectivity index is 0.000000151. The lowest BCUT2D eigenvalue weighted by atomic mass is 10.3. The summed E-state index contributed by atoms with van der Waals surface area (Å²) in [4.78, 5) is 24.6. The van der Waals surface area contributed by atoms with Gasteiger partial charge in [-0.05, 0) is 6.92 Å². The van der Waals surface area contributed by atoms with Gasteiger partial charge in [0.1, 0.15) is 11.3 Å². The first-order chi connectivity index (χ1) is 9.56. The van der Waals surface area contributed by atoms with E-state index in [1.165, 1.54) is 12.1 Å². The molecule has 0 bridgehead atoms. The first-order valence-corrected chi connectivity index (χ1v) is 6.09. The zero-order chi connectivity index (χ0) is 14.5. The molecule has 2 heterocycles. The smallest absolute Gasteiger partial charge is 0.269 e. The molecule has 0 aliphatic rings. The van der Waals surface area contributed by atoms with Crippen LogP contribution in [0.1, 0.15) is 5.82 Å². The van der Waals surface area contributed by atoms with Crippen LogP contribution < -0.4 is 0 Å². The predicted molar refractivity (Wildman–Crippen MR) is 76.8 cm³/mol. The Labute approximate surface area is 119 Å². The molecule has 0 aliphatic carbocycles. The summed E-state index contributed by atoms with van der Waals surface area (Å²) >= 11 is 3.99. The molecule has 0 aliphatic heterocycles. The van der Waals surface area contributed by atoms with Gasteiger partial charge < -0.3 is 4.98 Å². The van der Waals surface area contributed by atoms with Crippen LogP contribution in [0.2, 0.25) is 0 Å². The number of fused-ring (bicyclic) bond motifs is 1. The lowest BCUT2D eigenvalue weighted by Gasteiger charge is -1.86. The monoisotopic (exact) mass is 289 g/mol. The summed E-state index contributed by atoms with van der Waals surface area (Å²) in [7, 11) is 0. The fourth-order valence-electron chi connectivity index (χ4n) is 1.47. The summed E-state index contributed by atoms with van der Waals surface area (Å²) in [5, 5.41) is 10.5. The number of H-pyrrole nitrogens is 1. The van der Waals surface area contributed by atoms with Gasteiger partial charge in [0, 0.05) is 12.1 Å². The van der Waals surface area contributed by atoms with Crippen molar-refractivity contribution >= 4 is 29.5 Å². The normalized spacial score (nSPS) is 9.90. The van der Waals surface area contributed by atoms with Crippen LogP contribution in [0, 0.1) is 17.0 Å². The first-order valence-electron chi connectivity index (χ1n) is 5.64. The van der Waals surface area contributed by atoms with Crippen LogP contribution in [-0.2, 0) is 0 Å². The maximum Gasteiger partial charge on any atom is 0.269 e. The topological polar surface area (TPSA) is 97.6 Å². The van der Waals surface area contributed by atoms with Gasteiger partial charge in [-0.2, -0.15) is 0 Å². The number of aryl methyl sites for hydroxylation is 1. The van der Waals surface area contributed by atoms with Gasteiger partial charge in [-0.1, -0.05) is 18.2 Å². The molecule has 7 nitrogen and oxygen atoms in total. The number of nitro groups is 1. The van der Waals surface area contributed by atoms with Crippen molar-refractivity contribution < 1.29 is 4.92 Å². The van der Waals surface area contributed by atoms with Crippen molar-refractivity contribution in [2.24, 2.45) is 0 Å². The number of nitro benzene ring substituents is 1. The number of imidazole rings is 1. The molecular weight excluding hydrogens is 278 g/mol. The number of rotatable bonds is 1. The third-order valence-corrected chi connectivity index (χ3v) is 2.53. The minimum atomic E-state index is -0.417. The molecule has 20 heavy (non-hydrogen) atoms. The number of nitrogens with one attached hydrogen (secondary N) is 1. The molecule has 0 amide bonds. The van der Waals surface area contributed by atoms with E-state index in [-0.39, 0.29) is 5.69 Å². The third-order valence-electron chi connectivity index (χ3n) is 2.31. The van der Waals surface area contributed by atoms with E-state index in [4.69, 9.17) is 0 Å². The number of hydrogen-bond donors (Lipinski definition) is 2. The summed E-state index contributed by atoms with van der Waals surface area (Å²) in [6.45, 7) is 1.87. The van der Waals surface area contributed by atoms with E-state index in [1.54, 1.807) is 24.4 Å². The molecule has 0 saturated heterocycles. The molecule has 0 spiro atoms. The minimum absolute atomic E-state index is 0.137. The molecule has 0 fully saturated rings. The van der Waals surface area contributed by atoms with Gasteiger partial charge in [0.2, 0.25) is 0 Å². The molecule has 3 aromatic rings. The number of non-ortho nitro benzene ring substituents is 1. The molecule has 1 aromatic carbocycles. The van der Waals surface area contributed by atoms with Gasteiger partial charge in [-0.15, -0.1) is 12.6 Å². The van der Waals surface area contributed by atoms with Crippen molar-refractivity contribution in [3.63, 3.8) is 0 Å². The van der Waals surface area contributed by atoms with E-state index in [2.05, 4.69) is 32.6 Å². The van der Waals surface area contributed by atoms with E-state index >= 15 is 0 Å². The summed E-state index contributed by atoms with van der Waals surface area (Å²) in [5.41, 5.74) is 1.65. The van der Waals surface area contributed by atoms with Gasteiger partial charge in [0.15, 0.2) is 10.8 Å². The number of aromatic amines is 1. The molecular formula is C12H11N5O2S. The predicted octanol–water partition coefficient (Wildman–Crippen LogP) is 2.54. The van der Waals surface area contributed by atoms with Crippen LogP contribution >= 0.6 is 12.6 Å².